The molecule has 2 aromatic rings. The maximum Gasteiger partial charge on any atom is 0.254 e. The van der Waals surface area contributed by atoms with Gasteiger partial charge < -0.3 is 14.5 Å². The van der Waals surface area contributed by atoms with Crippen LogP contribution in [0.3, 0.4) is 0 Å². The van der Waals surface area contributed by atoms with Crippen molar-refractivity contribution in [3.8, 4) is 5.75 Å². The van der Waals surface area contributed by atoms with Gasteiger partial charge in [0.2, 0.25) is 0 Å². The highest BCUT2D eigenvalue weighted by molar-refractivity contribution is 5.97. The predicted octanol–water partition coefficient (Wildman–Crippen LogP) is 2.91. The summed E-state index contributed by atoms with van der Waals surface area (Å²) < 4.78 is 5.32. The highest BCUT2D eigenvalue weighted by Crippen LogP contribution is 2.24. The summed E-state index contributed by atoms with van der Waals surface area (Å²) >= 11 is 0. The van der Waals surface area contributed by atoms with Gasteiger partial charge in [0.05, 0.1) is 7.11 Å². The number of rotatable bonds is 3. The van der Waals surface area contributed by atoms with E-state index in [1.807, 2.05) is 66.1 Å². The van der Waals surface area contributed by atoms with Crippen molar-refractivity contribution in [1.29, 1.82) is 0 Å². The van der Waals surface area contributed by atoms with Crippen molar-refractivity contribution >= 4 is 11.8 Å². The van der Waals surface area contributed by atoms with Crippen LogP contribution < -0.4 is 4.74 Å². The Hall–Kier alpha value is -2.82. The molecule has 1 heterocycles. The molecule has 136 valence electrons. The zero-order valence-corrected chi connectivity index (χ0v) is 15.5. The van der Waals surface area contributed by atoms with E-state index in [0.717, 1.165) is 16.9 Å². The molecule has 5 nitrogen and oxygen atoms in total. The van der Waals surface area contributed by atoms with E-state index in [9.17, 15) is 9.59 Å². The summed E-state index contributed by atoms with van der Waals surface area (Å²) in [5.74, 6) is 0.826. The Morgan fingerprint density at radius 2 is 1.42 bits per heavy atom. The monoisotopic (exact) mass is 352 g/mol. The van der Waals surface area contributed by atoms with Gasteiger partial charge in [-0.2, -0.15) is 0 Å². The minimum Gasteiger partial charge on any atom is -0.496 e. The Labute approximate surface area is 154 Å². The molecule has 3 rings (SSSR count). The van der Waals surface area contributed by atoms with E-state index >= 15 is 0 Å². The molecule has 26 heavy (non-hydrogen) atoms. The van der Waals surface area contributed by atoms with E-state index in [-0.39, 0.29) is 11.8 Å². The van der Waals surface area contributed by atoms with Gasteiger partial charge in [0.15, 0.2) is 0 Å². The van der Waals surface area contributed by atoms with Crippen molar-refractivity contribution in [3.05, 3.63) is 64.7 Å². The van der Waals surface area contributed by atoms with Gasteiger partial charge in [-0.3, -0.25) is 9.59 Å². The summed E-state index contributed by atoms with van der Waals surface area (Å²) in [7, 11) is 1.63. The number of carbonyl (C=O) groups excluding carboxylic acids is 2. The lowest BCUT2D eigenvalue weighted by Gasteiger charge is -2.35. The number of nitrogens with zero attached hydrogens (tertiary/aromatic N) is 2. The van der Waals surface area contributed by atoms with Gasteiger partial charge in [-0.05, 0) is 49.2 Å². The molecule has 2 aromatic carbocycles. The number of methoxy groups -OCH3 is 1. The van der Waals surface area contributed by atoms with Crippen LogP contribution in [0.1, 0.15) is 31.8 Å². The van der Waals surface area contributed by atoms with Gasteiger partial charge >= 0.3 is 0 Å². The summed E-state index contributed by atoms with van der Waals surface area (Å²) in [6, 6.07) is 13.1. The Balaban J connectivity index is 1.67. The molecular formula is C21H24N2O3. The zero-order valence-electron chi connectivity index (χ0n) is 15.5. The Morgan fingerprint density at radius 1 is 0.846 bits per heavy atom. The van der Waals surface area contributed by atoms with E-state index in [0.29, 0.717) is 37.3 Å². The highest BCUT2D eigenvalue weighted by atomic mass is 16.5. The molecule has 0 bridgehead atoms. The van der Waals surface area contributed by atoms with E-state index in [4.69, 9.17) is 4.74 Å². The Bertz CT molecular complexity index is 810. The topological polar surface area (TPSA) is 49.9 Å². The third-order valence-electron chi connectivity index (χ3n) is 4.85. The summed E-state index contributed by atoms with van der Waals surface area (Å²) in [5, 5.41) is 0. The molecule has 1 aliphatic heterocycles. The van der Waals surface area contributed by atoms with Crippen molar-refractivity contribution < 1.29 is 14.3 Å². The van der Waals surface area contributed by atoms with Crippen molar-refractivity contribution in [2.45, 2.75) is 13.8 Å². The second-order valence-corrected chi connectivity index (χ2v) is 6.59. The average molecular weight is 352 g/mol. The van der Waals surface area contributed by atoms with E-state index in [1.54, 1.807) is 7.11 Å². The molecule has 0 atom stereocenters. The lowest BCUT2D eigenvalue weighted by Crippen LogP contribution is -2.50. The molecule has 1 aliphatic rings. The van der Waals surface area contributed by atoms with E-state index < -0.39 is 0 Å². The van der Waals surface area contributed by atoms with Crippen LogP contribution in [0, 0.1) is 13.8 Å². The van der Waals surface area contributed by atoms with Crippen LogP contribution in [-0.4, -0.2) is 54.9 Å². The van der Waals surface area contributed by atoms with E-state index in [1.165, 1.54) is 0 Å². The number of amides is 2. The standard InChI is InChI=1S/C21H24N2O3/c1-15-14-19(26-3)16(2)13-18(15)21(25)23-11-9-22(10-12-23)20(24)17-7-5-4-6-8-17/h4-8,13-14H,9-12H2,1-3H3. The molecule has 2 amide bonds. The number of carbonyl (C=O) groups is 2. The van der Waals surface area contributed by atoms with E-state index in [2.05, 4.69) is 0 Å². The predicted molar refractivity (Wildman–Crippen MR) is 101 cm³/mol. The summed E-state index contributed by atoms with van der Waals surface area (Å²) in [6.07, 6.45) is 0. The molecule has 1 fully saturated rings. The van der Waals surface area contributed by atoms with Crippen LogP contribution in [0.5, 0.6) is 5.75 Å². The fourth-order valence-electron chi connectivity index (χ4n) is 3.29. The maximum absolute atomic E-state index is 12.9. The normalized spacial score (nSPS) is 14.3. The van der Waals surface area contributed by atoms with Crippen LogP contribution in [0.2, 0.25) is 0 Å². The van der Waals surface area contributed by atoms with Crippen molar-refractivity contribution in [1.82, 2.24) is 9.80 Å². The van der Waals surface area contributed by atoms with Gasteiger partial charge in [-0.1, -0.05) is 18.2 Å². The minimum atomic E-state index is 0.0139. The molecule has 0 aromatic heterocycles. The quantitative estimate of drug-likeness (QED) is 0.853. The smallest absolute Gasteiger partial charge is 0.254 e. The third-order valence-corrected chi connectivity index (χ3v) is 4.85. The van der Waals surface area contributed by atoms with Crippen LogP contribution >= 0.6 is 0 Å². The second kappa shape index (κ2) is 7.60. The largest absolute Gasteiger partial charge is 0.496 e. The van der Waals surface area contributed by atoms with Gasteiger partial charge in [-0.25, -0.2) is 0 Å². The van der Waals surface area contributed by atoms with Crippen molar-refractivity contribution in [2.75, 3.05) is 33.3 Å². The molecule has 0 aliphatic carbocycles. The molecule has 1 saturated heterocycles. The first-order chi connectivity index (χ1) is 12.5. The van der Waals surface area contributed by atoms with Gasteiger partial charge in [0.25, 0.3) is 11.8 Å². The average Bonchev–Trinajstić information content (AvgIpc) is 2.69. The first-order valence-electron chi connectivity index (χ1n) is 8.80. The van der Waals surface area contributed by atoms with Gasteiger partial charge in [-0.15, -0.1) is 0 Å². The van der Waals surface area contributed by atoms with Crippen LogP contribution in [0.4, 0.5) is 0 Å². The van der Waals surface area contributed by atoms with Crippen molar-refractivity contribution in [2.24, 2.45) is 0 Å². The molecule has 0 N–H and O–H groups in total. The van der Waals surface area contributed by atoms with Crippen molar-refractivity contribution in [3.63, 3.8) is 0 Å². The number of hydrogen-bond donors (Lipinski definition) is 0. The molecule has 0 spiro atoms. The second-order valence-electron chi connectivity index (χ2n) is 6.59. The van der Waals surface area contributed by atoms with Crippen LogP contribution in [-0.2, 0) is 0 Å². The third kappa shape index (κ3) is 3.57. The maximum atomic E-state index is 12.9. The SMILES string of the molecule is COc1cc(C)c(C(=O)N2CCN(C(=O)c3ccccc3)CC2)cc1C. The molecule has 0 saturated carbocycles. The summed E-state index contributed by atoms with van der Waals surface area (Å²) in [5.41, 5.74) is 3.24. The number of aryl methyl sites for hydroxylation is 2. The summed E-state index contributed by atoms with van der Waals surface area (Å²) in [4.78, 5) is 29.1. The Kier molecular flexibility index (Phi) is 5.26. The molecular weight excluding hydrogens is 328 g/mol. The van der Waals surface area contributed by atoms with Gasteiger partial charge in [0.1, 0.15) is 5.75 Å². The highest BCUT2D eigenvalue weighted by Gasteiger charge is 2.26. The lowest BCUT2D eigenvalue weighted by atomic mass is 10.0. The molecule has 0 unspecified atom stereocenters. The van der Waals surface area contributed by atoms with Crippen LogP contribution in [0.25, 0.3) is 0 Å². The number of benzene rings is 2. The Morgan fingerprint density at radius 3 is 2.00 bits per heavy atom. The van der Waals surface area contributed by atoms with Gasteiger partial charge in [0, 0.05) is 37.3 Å². The molecule has 0 radical (unpaired) electrons. The van der Waals surface area contributed by atoms with Crippen LogP contribution in [0.15, 0.2) is 42.5 Å². The zero-order chi connectivity index (χ0) is 18.7. The lowest BCUT2D eigenvalue weighted by molar-refractivity contribution is 0.0535. The minimum absolute atomic E-state index is 0.0139. The first kappa shape index (κ1) is 18.0. The fourth-order valence-corrected chi connectivity index (χ4v) is 3.29. The number of ether oxygens (including phenoxy) is 1. The molecule has 5 heteroatoms. The number of piperazine rings is 1. The first-order valence-corrected chi connectivity index (χ1v) is 8.80. The summed E-state index contributed by atoms with van der Waals surface area (Å²) in [6.45, 7) is 6.04. The fraction of sp³-hybridized carbons (Fsp3) is 0.333. The number of hydrogen-bond acceptors (Lipinski definition) is 3.